The summed E-state index contributed by atoms with van der Waals surface area (Å²) < 4.78 is 16.5. The smallest absolute Gasteiger partial charge is 0.457 e. The molecule has 7 heteroatoms. The molecule has 3 rings (SSSR count). The van der Waals surface area contributed by atoms with Gasteiger partial charge in [-0.3, -0.25) is 0 Å². The molecule has 3 atom stereocenters. The third-order valence-electron chi connectivity index (χ3n) is 4.81. The van der Waals surface area contributed by atoms with Gasteiger partial charge in [0.25, 0.3) is 0 Å². The van der Waals surface area contributed by atoms with E-state index in [4.69, 9.17) is 37.4 Å². The van der Waals surface area contributed by atoms with Crippen LogP contribution in [0.3, 0.4) is 0 Å². The highest BCUT2D eigenvalue weighted by Crippen LogP contribution is 2.55. The third kappa shape index (κ3) is 5.23. The van der Waals surface area contributed by atoms with Crippen LogP contribution in [-0.2, 0) is 9.47 Å². The second-order valence-electron chi connectivity index (χ2n) is 7.21. The standard InChI is InChI=1S/C22H19Cl2NO4/c1-22(2)17(12-19(23)24)20(22)29-21(26)28-18(13-25)14-7-6-10-16(11-14)27-15-8-4-3-5-9-15/h3-12,17-18,20H,1-2H3. The normalized spacial score (nSPS) is 20.0. The van der Waals surface area contributed by atoms with Crippen molar-refractivity contribution in [3.05, 3.63) is 70.7 Å². The molecule has 3 unspecified atom stereocenters. The zero-order valence-electron chi connectivity index (χ0n) is 15.8. The molecule has 0 spiro atoms. The maximum Gasteiger partial charge on any atom is 0.510 e. The van der Waals surface area contributed by atoms with Crippen molar-refractivity contribution in [2.45, 2.75) is 26.1 Å². The van der Waals surface area contributed by atoms with Crippen molar-refractivity contribution in [2.75, 3.05) is 0 Å². The van der Waals surface area contributed by atoms with E-state index in [9.17, 15) is 10.1 Å². The Bertz CT molecular complexity index is 949. The first kappa shape index (κ1) is 21.0. The fraction of sp³-hybridized carbons (Fsp3) is 0.273. The quantitative estimate of drug-likeness (QED) is 0.485. The number of hydrogen-bond acceptors (Lipinski definition) is 5. The van der Waals surface area contributed by atoms with Crippen LogP contribution in [0.5, 0.6) is 11.5 Å². The van der Waals surface area contributed by atoms with E-state index in [-0.39, 0.29) is 15.8 Å². The van der Waals surface area contributed by atoms with Gasteiger partial charge in [0.2, 0.25) is 6.10 Å². The zero-order valence-corrected chi connectivity index (χ0v) is 17.4. The van der Waals surface area contributed by atoms with Crippen molar-refractivity contribution in [2.24, 2.45) is 11.3 Å². The number of nitriles is 1. The number of carbonyl (C=O) groups is 1. The summed E-state index contributed by atoms with van der Waals surface area (Å²) in [6.07, 6.45) is -0.845. The van der Waals surface area contributed by atoms with Crippen molar-refractivity contribution in [1.82, 2.24) is 0 Å². The van der Waals surface area contributed by atoms with Gasteiger partial charge < -0.3 is 14.2 Å². The minimum atomic E-state index is -1.13. The first-order valence-corrected chi connectivity index (χ1v) is 9.69. The lowest BCUT2D eigenvalue weighted by Crippen LogP contribution is -2.15. The molecule has 29 heavy (non-hydrogen) atoms. The minimum Gasteiger partial charge on any atom is -0.457 e. The molecular weight excluding hydrogens is 413 g/mol. The summed E-state index contributed by atoms with van der Waals surface area (Å²) in [5.74, 6) is 1.07. The van der Waals surface area contributed by atoms with Crippen LogP contribution in [0.4, 0.5) is 4.79 Å². The Morgan fingerprint density at radius 2 is 1.83 bits per heavy atom. The van der Waals surface area contributed by atoms with Gasteiger partial charge in [-0.1, -0.05) is 67.4 Å². The maximum absolute atomic E-state index is 12.2. The number of para-hydroxylation sites is 1. The third-order valence-corrected chi connectivity index (χ3v) is 5.06. The fourth-order valence-corrected chi connectivity index (χ4v) is 3.33. The van der Waals surface area contributed by atoms with Crippen molar-refractivity contribution >= 4 is 29.4 Å². The molecule has 1 saturated carbocycles. The number of benzene rings is 2. The van der Waals surface area contributed by atoms with E-state index in [1.165, 1.54) is 0 Å². The molecule has 1 fully saturated rings. The van der Waals surface area contributed by atoms with Gasteiger partial charge in [-0.15, -0.1) is 0 Å². The average Bonchev–Trinajstić information content (AvgIpc) is 3.18. The molecule has 1 aliphatic rings. The highest BCUT2D eigenvalue weighted by atomic mass is 35.5. The molecule has 1 aliphatic carbocycles. The Kier molecular flexibility index (Phi) is 6.36. The van der Waals surface area contributed by atoms with E-state index in [1.54, 1.807) is 30.3 Å². The highest BCUT2D eigenvalue weighted by Gasteiger charge is 2.60. The average molecular weight is 432 g/mol. The van der Waals surface area contributed by atoms with Gasteiger partial charge in [0.05, 0.1) is 0 Å². The molecule has 0 saturated heterocycles. The summed E-state index contributed by atoms with van der Waals surface area (Å²) in [4.78, 5) is 12.2. The van der Waals surface area contributed by atoms with Gasteiger partial charge >= 0.3 is 6.16 Å². The van der Waals surface area contributed by atoms with Crippen LogP contribution in [0.15, 0.2) is 65.2 Å². The predicted molar refractivity (Wildman–Crippen MR) is 110 cm³/mol. The number of hydrogen-bond donors (Lipinski definition) is 0. The number of nitrogens with zero attached hydrogens (tertiary/aromatic N) is 1. The molecular formula is C22H19Cl2NO4. The molecule has 150 valence electrons. The van der Waals surface area contributed by atoms with Crippen LogP contribution in [0.25, 0.3) is 0 Å². The Balaban J connectivity index is 1.64. The molecule has 0 radical (unpaired) electrons. The molecule has 0 heterocycles. The number of carbonyl (C=O) groups excluding carboxylic acids is 1. The molecule has 0 aromatic heterocycles. The summed E-state index contributed by atoms with van der Waals surface area (Å²) in [5, 5.41) is 9.46. The van der Waals surface area contributed by atoms with Crippen molar-refractivity contribution in [3.63, 3.8) is 0 Å². The lowest BCUT2D eigenvalue weighted by Gasteiger charge is -2.13. The van der Waals surface area contributed by atoms with Crippen LogP contribution < -0.4 is 4.74 Å². The minimum absolute atomic E-state index is 0.108. The molecule has 0 N–H and O–H groups in total. The first-order chi connectivity index (χ1) is 13.8. The summed E-state index contributed by atoms with van der Waals surface area (Å²) in [6.45, 7) is 3.85. The number of ether oxygens (including phenoxy) is 3. The second kappa shape index (κ2) is 8.77. The van der Waals surface area contributed by atoms with Gasteiger partial charge in [-0.25, -0.2) is 4.79 Å². The monoisotopic (exact) mass is 431 g/mol. The summed E-state index contributed by atoms with van der Waals surface area (Å²) in [7, 11) is 0. The number of rotatable bonds is 6. The van der Waals surface area contributed by atoms with Gasteiger partial charge in [0.15, 0.2) is 0 Å². The predicted octanol–water partition coefficient (Wildman–Crippen LogP) is 6.54. The van der Waals surface area contributed by atoms with Crippen LogP contribution in [0, 0.1) is 22.7 Å². The highest BCUT2D eigenvalue weighted by molar-refractivity contribution is 6.55. The molecule has 0 amide bonds. The van der Waals surface area contributed by atoms with Gasteiger partial charge in [0, 0.05) is 16.9 Å². The van der Waals surface area contributed by atoms with Gasteiger partial charge in [-0.2, -0.15) is 5.26 Å². The van der Waals surface area contributed by atoms with Crippen LogP contribution >= 0.6 is 23.2 Å². The summed E-state index contributed by atoms with van der Waals surface area (Å²) in [5.41, 5.74) is 0.174. The van der Waals surface area contributed by atoms with Crippen molar-refractivity contribution in [1.29, 1.82) is 5.26 Å². The van der Waals surface area contributed by atoms with Crippen LogP contribution in [-0.4, -0.2) is 12.3 Å². The Morgan fingerprint density at radius 3 is 2.48 bits per heavy atom. The van der Waals surface area contributed by atoms with Gasteiger partial charge in [-0.05, 0) is 30.3 Å². The van der Waals surface area contributed by atoms with Gasteiger partial charge in [0.1, 0.15) is 28.2 Å². The van der Waals surface area contributed by atoms with E-state index in [1.807, 2.05) is 50.2 Å². The van der Waals surface area contributed by atoms with E-state index < -0.39 is 18.4 Å². The van der Waals surface area contributed by atoms with E-state index in [2.05, 4.69) is 0 Å². The Hall–Kier alpha value is -2.68. The summed E-state index contributed by atoms with van der Waals surface area (Å²) >= 11 is 11.4. The molecule has 2 aromatic rings. The van der Waals surface area contributed by atoms with E-state index in [0.717, 1.165) is 0 Å². The van der Waals surface area contributed by atoms with Crippen LogP contribution in [0.2, 0.25) is 0 Å². The van der Waals surface area contributed by atoms with E-state index in [0.29, 0.717) is 17.1 Å². The van der Waals surface area contributed by atoms with E-state index >= 15 is 0 Å². The molecule has 2 aromatic carbocycles. The summed E-state index contributed by atoms with van der Waals surface area (Å²) in [6, 6.07) is 18.0. The Morgan fingerprint density at radius 1 is 1.14 bits per heavy atom. The maximum atomic E-state index is 12.2. The molecule has 0 aliphatic heterocycles. The molecule has 5 nitrogen and oxygen atoms in total. The lowest BCUT2D eigenvalue weighted by atomic mass is 10.1. The largest absolute Gasteiger partial charge is 0.510 e. The molecule has 0 bridgehead atoms. The van der Waals surface area contributed by atoms with Crippen LogP contribution in [0.1, 0.15) is 25.5 Å². The second-order valence-corrected chi connectivity index (χ2v) is 8.21. The van der Waals surface area contributed by atoms with Crippen molar-refractivity contribution < 1.29 is 19.0 Å². The SMILES string of the molecule is CC1(C)C(C=C(Cl)Cl)C1OC(=O)OC(C#N)c1cccc(Oc2ccccc2)c1. The number of halogens is 2. The zero-order chi connectivity index (χ0) is 21.0. The topological polar surface area (TPSA) is 68.5 Å². The van der Waals surface area contributed by atoms with Crippen molar-refractivity contribution in [3.8, 4) is 17.6 Å². The lowest BCUT2D eigenvalue weighted by molar-refractivity contribution is 0.0255. The fourth-order valence-electron chi connectivity index (χ4n) is 3.05. The first-order valence-electron chi connectivity index (χ1n) is 8.94. The Labute approximate surface area is 179 Å².